The fourth-order valence-corrected chi connectivity index (χ4v) is 4.84. The normalized spacial score (nSPS) is 15.7. The average molecular weight is 410 g/mol. The van der Waals surface area contributed by atoms with Crippen LogP contribution in [-0.2, 0) is 20.5 Å². The van der Waals surface area contributed by atoms with Gasteiger partial charge in [0.15, 0.2) is 0 Å². The molecular formula is C23H23NO4S. The Kier molecular flexibility index (Phi) is 5.56. The summed E-state index contributed by atoms with van der Waals surface area (Å²) in [4.78, 5) is 0. The Balaban J connectivity index is 1.70. The molecule has 0 aliphatic carbocycles. The molecule has 0 bridgehead atoms. The van der Waals surface area contributed by atoms with Gasteiger partial charge in [0.05, 0.1) is 23.7 Å². The molecule has 0 amide bonds. The van der Waals surface area contributed by atoms with Crippen LogP contribution in [-0.4, -0.2) is 27.7 Å². The molecule has 29 heavy (non-hydrogen) atoms. The van der Waals surface area contributed by atoms with Crippen molar-refractivity contribution in [3.8, 4) is 5.75 Å². The molecule has 1 fully saturated rings. The van der Waals surface area contributed by atoms with Gasteiger partial charge in [0.1, 0.15) is 18.5 Å². The minimum atomic E-state index is -3.69. The zero-order chi connectivity index (χ0) is 20.3. The molecule has 3 aromatic carbocycles. The number of benzene rings is 3. The van der Waals surface area contributed by atoms with Gasteiger partial charge in [0, 0.05) is 6.07 Å². The summed E-state index contributed by atoms with van der Waals surface area (Å²) in [5, 5.41) is 0. The van der Waals surface area contributed by atoms with Gasteiger partial charge in [0.2, 0.25) is 10.0 Å². The highest BCUT2D eigenvalue weighted by Gasteiger charge is 2.26. The molecule has 0 aromatic heterocycles. The van der Waals surface area contributed by atoms with Gasteiger partial charge in [0.25, 0.3) is 0 Å². The molecule has 3 aromatic rings. The van der Waals surface area contributed by atoms with Gasteiger partial charge in [-0.1, -0.05) is 48.5 Å². The zero-order valence-electron chi connectivity index (χ0n) is 16.2. The lowest BCUT2D eigenvalue weighted by atomic mass is 10.1. The number of ether oxygens (including phenoxy) is 2. The van der Waals surface area contributed by atoms with Gasteiger partial charge in [-0.25, -0.2) is 12.7 Å². The Bertz CT molecular complexity index is 1080. The summed E-state index contributed by atoms with van der Waals surface area (Å²) in [5.74, 6) is 0.528. The lowest BCUT2D eigenvalue weighted by molar-refractivity contribution is 0.263. The molecule has 0 spiro atoms. The molecular weight excluding hydrogens is 386 g/mol. The van der Waals surface area contributed by atoms with Crippen molar-refractivity contribution < 1.29 is 17.9 Å². The summed E-state index contributed by atoms with van der Waals surface area (Å²) in [6, 6.07) is 23.8. The van der Waals surface area contributed by atoms with Gasteiger partial charge in [-0.05, 0) is 42.3 Å². The molecule has 1 aliphatic rings. The van der Waals surface area contributed by atoms with Gasteiger partial charge in [-0.15, -0.1) is 0 Å². The van der Waals surface area contributed by atoms with E-state index in [-0.39, 0.29) is 11.9 Å². The molecule has 6 heteroatoms. The molecule has 1 saturated heterocycles. The fraction of sp³-hybridized carbons (Fsp3) is 0.217. The summed E-state index contributed by atoms with van der Waals surface area (Å²) < 4.78 is 39.3. The van der Waals surface area contributed by atoms with Gasteiger partial charge >= 0.3 is 0 Å². The number of nitrogens with zero attached hydrogens (tertiary/aromatic N) is 1. The topological polar surface area (TPSA) is 59.1 Å². The SMILES string of the molecule is Cc1ccccc1CS(=O)(=O)N(c1ccccc1)c1cccc(OCC2CO2)c1. The highest BCUT2D eigenvalue weighted by Crippen LogP contribution is 2.33. The smallest absolute Gasteiger partial charge is 0.243 e. The van der Waals surface area contributed by atoms with Crippen LogP contribution < -0.4 is 9.04 Å². The van der Waals surface area contributed by atoms with Crippen LogP contribution in [0.5, 0.6) is 5.75 Å². The molecule has 1 unspecified atom stereocenters. The second-order valence-electron chi connectivity index (χ2n) is 7.05. The number of aryl methyl sites for hydroxylation is 1. The van der Waals surface area contributed by atoms with Crippen molar-refractivity contribution >= 4 is 21.4 Å². The Morgan fingerprint density at radius 1 is 0.966 bits per heavy atom. The van der Waals surface area contributed by atoms with E-state index in [9.17, 15) is 8.42 Å². The van der Waals surface area contributed by atoms with Crippen molar-refractivity contribution in [2.75, 3.05) is 17.5 Å². The summed E-state index contributed by atoms with van der Waals surface area (Å²) in [5.41, 5.74) is 2.86. The highest BCUT2D eigenvalue weighted by molar-refractivity contribution is 7.92. The molecule has 1 aliphatic heterocycles. The van der Waals surface area contributed by atoms with Crippen LogP contribution >= 0.6 is 0 Å². The van der Waals surface area contributed by atoms with E-state index >= 15 is 0 Å². The second kappa shape index (κ2) is 8.27. The first-order valence-corrected chi connectivity index (χ1v) is 11.1. The molecule has 0 N–H and O–H groups in total. The van der Waals surface area contributed by atoms with Crippen LogP contribution in [0.2, 0.25) is 0 Å². The fourth-order valence-electron chi connectivity index (χ4n) is 3.12. The maximum atomic E-state index is 13.5. The lowest BCUT2D eigenvalue weighted by Gasteiger charge is -2.25. The van der Waals surface area contributed by atoms with E-state index < -0.39 is 10.0 Å². The molecule has 0 radical (unpaired) electrons. The maximum Gasteiger partial charge on any atom is 0.243 e. The van der Waals surface area contributed by atoms with Crippen molar-refractivity contribution in [3.63, 3.8) is 0 Å². The third-order valence-electron chi connectivity index (χ3n) is 4.76. The van der Waals surface area contributed by atoms with Gasteiger partial charge < -0.3 is 9.47 Å². The number of hydrogen-bond acceptors (Lipinski definition) is 4. The van der Waals surface area contributed by atoms with Gasteiger partial charge in [-0.3, -0.25) is 0 Å². The molecule has 150 valence electrons. The first-order chi connectivity index (χ1) is 14.0. The zero-order valence-corrected chi connectivity index (χ0v) is 17.0. The number of epoxide rings is 1. The Labute approximate surface area is 171 Å². The predicted octanol–water partition coefficient (Wildman–Crippen LogP) is 4.44. The van der Waals surface area contributed by atoms with Crippen LogP contribution in [0.15, 0.2) is 78.9 Å². The van der Waals surface area contributed by atoms with E-state index in [0.29, 0.717) is 30.3 Å². The van der Waals surface area contributed by atoms with Crippen LogP contribution in [0, 0.1) is 6.92 Å². The van der Waals surface area contributed by atoms with Crippen molar-refractivity contribution in [2.24, 2.45) is 0 Å². The second-order valence-corrected chi connectivity index (χ2v) is 8.86. The first-order valence-electron chi connectivity index (χ1n) is 9.50. The van der Waals surface area contributed by atoms with Crippen LogP contribution in [0.25, 0.3) is 0 Å². The third kappa shape index (κ3) is 4.78. The summed E-state index contributed by atoms with van der Waals surface area (Å²) in [6.45, 7) is 3.09. The van der Waals surface area contributed by atoms with E-state index in [1.165, 1.54) is 4.31 Å². The number of anilines is 2. The number of rotatable bonds is 8. The first kappa shape index (κ1) is 19.5. The molecule has 1 heterocycles. The number of sulfonamides is 1. The van der Waals surface area contributed by atoms with Crippen LogP contribution in [0.1, 0.15) is 11.1 Å². The highest BCUT2D eigenvalue weighted by atomic mass is 32.2. The predicted molar refractivity (Wildman–Crippen MR) is 114 cm³/mol. The Morgan fingerprint density at radius 3 is 2.38 bits per heavy atom. The molecule has 5 nitrogen and oxygen atoms in total. The summed E-state index contributed by atoms with van der Waals surface area (Å²) >= 11 is 0. The third-order valence-corrected chi connectivity index (χ3v) is 6.41. The number of hydrogen-bond donors (Lipinski definition) is 0. The van der Waals surface area contributed by atoms with E-state index in [0.717, 1.165) is 11.1 Å². The molecule has 4 rings (SSSR count). The number of para-hydroxylation sites is 1. The molecule has 0 saturated carbocycles. The monoisotopic (exact) mass is 409 g/mol. The van der Waals surface area contributed by atoms with Crippen molar-refractivity contribution in [3.05, 3.63) is 90.0 Å². The van der Waals surface area contributed by atoms with Crippen molar-refractivity contribution in [1.82, 2.24) is 0 Å². The van der Waals surface area contributed by atoms with Crippen LogP contribution in [0.4, 0.5) is 11.4 Å². The van der Waals surface area contributed by atoms with E-state index in [1.807, 2.05) is 55.5 Å². The van der Waals surface area contributed by atoms with E-state index in [2.05, 4.69) is 0 Å². The Morgan fingerprint density at radius 2 is 1.66 bits per heavy atom. The quantitative estimate of drug-likeness (QED) is 0.516. The minimum absolute atomic E-state index is 0.0877. The van der Waals surface area contributed by atoms with Crippen LogP contribution in [0.3, 0.4) is 0 Å². The largest absolute Gasteiger partial charge is 0.491 e. The standard InChI is InChI=1S/C23H23NO4S/c1-18-8-5-6-9-19(18)17-29(25,26)24(20-10-3-2-4-11-20)21-12-7-13-22(14-21)27-15-23-16-28-23/h2-14,23H,15-17H2,1H3. The lowest BCUT2D eigenvalue weighted by Crippen LogP contribution is -2.27. The molecule has 1 atom stereocenters. The van der Waals surface area contributed by atoms with E-state index in [1.54, 1.807) is 30.3 Å². The average Bonchev–Trinajstić information content (AvgIpc) is 3.54. The minimum Gasteiger partial charge on any atom is -0.491 e. The summed E-state index contributed by atoms with van der Waals surface area (Å²) in [6.07, 6.45) is 0.133. The maximum absolute atomic E-state index is 13.5. The van der Waals surface area contributed by atoms with E-state index in [4.69, 9.17) is 9.47 Å². The Hall–Kier alpha value is -2.83. The van der Waals surface area contributed by atoms with Crippen molar-refractivity contribution in [1.29, 1.82) is 0 Å². The summed E-state index contributed by atoms with van der Waals surface area (Å²) in [7, 11) is -3.69. The van der Waals surface area contributed by atoms with Gasteiger partial charge in [-0.2, -0.15) is 0 Å². The van der Waals surface area contributed by atoms with Crippen molar-refractivity contribution in [2.45, 2.75) is 18.8 Å².